The molecule has 0 saturated carbocycles. The van der Waals surface area contributed by atoms with Crippen LogP contribution in [0.15, 0.2) is 60.8 Å². The third-order valence-corrected chi connectivity index (χ3v) is 6.27. The van der Waals surface area contributed by atoms with Gasteiger partial charge in [0.1, 0.15) is 5.52 Å². The molecule has 0 atom stereocenters. The molecular weight excluding hydrogens is 476 g/mol. The summed E-state index contributed by atoms with van der Waals surface area (Å²) < 4.78 is 7.48. The molecule has 2 aromatic carbocycles. The Bertz CT molecular complexity index is 1350. The molecule has 1 saturated heterocycles. The minimum absolute atomic E-state index is 0.0851. The molecule has 1 N–H and O–H groups in total. The summed E-state index contributed by atoms with van der Waals surface area (Å²) in [5.41, 5.74) is 4.68. The van der Waals surface area contributed by atoms with E-state index in [1.54, 1.807) is 12.1 Å². The van der Waals surface area contributed by atoms with Crippen LogP contribution in [0.2, 0.25) is 5.02 Å². The van der Waals surface area contributed by atoms with Crippen molar-refractivity contribution in [1.29, 1.82) is 0 Å². The number of morpholine rings is 1. The maximum atomic E-state index is 12.5. The number of hydrogen-bond acceptors (Lipinski definition) is 6. The number of carbonyl (C=O) groups is 1. The zero-order valence-electron chi connectivity index (χ0n) is 20.4. The van der Waals surface area contributed by atoms with Crippen LogP contribution in [0.25, 0.3) is 16.9 Å². The third kappa shape index (κ3) is 5.67. The summed E-state index contributed by atoms with van der Waals surface area (Å²) in [5.74, 6) is 1.46. The van der Waals surface area contributed by atoms with E-state index < -0.39 is 0 Å². The van der Waals surface area contributed by atoms with Crippen LogP contribution in [-0.2, 0) is 22.5 Å². The van der Waals surface area contributed by atoms with E-state index in [9.17, 15) is 4.79 Å². The highest BCUT2D eigenvalue weighted by molar-refractivity contribution is 6.30. The lowest BCUT2D eigenvalue weighted by molar-refractivity contribution is -0.115. The molecule has 186 valence electrons. The third-order valence-electron chi connectivity index (χ3n) is 6.01. The molecule has 0 aliphatic carbocycles. The van der Waals surface area contributed by atoms with Gasteiger partial charge in [0.2, 0.25) is 5.91 Å². The van der Waals surface area contributed by atoms with Gasteiger partial charge in [-0.05, 0) is 67.7 Å². The first-order valence-electron chi connectivity index (χ1n) is 12.0. The normalized spacial score (nSPS) is 13.9. The fourth-order valence-electron chi connectivity index (χ4n) is 4.31. The molecule has 1 fully saturated rings. The summed E-state index contributed by atoms with van der Waals surface area (Å²) in [6, 6.07) is 17.1. The van der Waals surface area contributed by atoms with E-state index in [0.717, 1.165) is 47.8 Å². The average Bonchev–Trinajstić information content (AvgIpc) is 3.27. The minimum Gasteiger partial charge on any atom is -0.378 e. The van der Waals surface area contributed by atoms with Gasteiger partial charge < -0.3 is 19.9 Å². The summed E-state index contributed by atoms with van der Waals surface area (Å²) in [6.07, 6.45) is 2.35. The molecule has 2 aromatic heterocycles. The molecule has 0 radical (unpaired) electrons. The maximum Gasteiger partial charge on any atom is 0.228 e. The number of nitrogens with one attached hydrogen (secondary N) is 1. The van der Waals surface area contributed by atoms with Gasteiger partial charge >= 0.3 is 0 Å². The molecule has 0 spiro atoms. The number of nitrogens with zero attached hydrogens (tertiary/aromatic N) is 5. The Hall–Kier alpha value is -3.46. The van der Waals surface area contributed by atoms with Crippen LogP contribution in [0.5, 0.6) is 0 Å². The van der Waals surface area contributed by atoms with Crippen molar-refractivity contribution in [2.45, 2.75) is 13.0 Å². The van der Waals surface area contributed by atoms with Crippen LogP contribution in [-0.4, -0.2) is 65.8 Å². The Balaban J connectivity index is 1.38. The van der Waals surface area contributed by atoms with Crippen LogP contribution in [0, 0.1) is 0 Å². The number of ether oxygens (including phenoxy) is 1. The average molecular weight is 505 g/mol. The summed E-state index contributed by atoms with van der Waals surface area (Å²) in [4.78, 5) is 21.8. The quantitative estimate of drug-likeness (QED) is 0.408. The number of benzene rings is 2. The number of anilines is 2. The molecule has 1 aliphatic rings. The smallest absolute Gasteiger partial charge is 0.228 e. The predicted molar refractivity (Wildman–Crippen MR) is 143 cm³/mol. The van der Waals surface area contributed by atoms with Crippen LogP contribution in [0.3, 0.4) is 0 Å². The van der Waals surface area contributed by atoms with Crippen molar-refractivity contribution >= 4 is 34.5 Å². The lowest BCUT2D eigenvalue weighted by atomic mass is 10.1. The number of hydrogen-bond donors (Lipinski definition) is 1. The topological polar surface area (TPSA) is 75.0 Å². The number of halogens is 1. The standard InChI is InChI=1S/C27H29ClN6O2/c1-32(2)17-20-15-24-27(33-11-13-36-14-12-33)30-26(31-34(24)18-20)21-5-9-23(10-6-21)29-25(35)16-19-3-7-22(28)8-4-19/h3-10,15,18H,11-14,16-17H2,1-2H3,(H,29,35). The molecule has 9 heteroatoms. The van der Waals surface area contributed by atoms with E-state index in [0.29, 0.717) is 24.1 Å². The Morgan fingerprint density at radius 2 is 1.78 bits per heavy atom. The molecule has 0 unspecified atom stereocenters. The second kappa shape index (κ2) is 10.7. The highest BCUT2D eigenvalue weighted by atomic mass is 35.5. The van der Waals surface area contributed by atoms with Crippen molar-refractivity contribution in [3.8, 4) is 11.4 Å². The van der Waals surface area contributed by atoms with Gasteiger partial charge in [-0.1, -0.05) is 23.7 Å². The molecule has 36 heavy (non-hydrogen) atoms. The van der Waals surface area contributed by atoms with Crippen molar-refractivity contribution in [2.75, 3.05) is 50.6 Å². The summed E-state index contributed by atoms with van der Waals surface area (Å²) in [7, 11) is 4.11. The van der Waals surface area contributed by atoms with Crippen molar-refractivity contribution < 1.29 is 9.53 Å². The first kappa shape index (κ1) is 24.2. The zero-order chi connectivity index (χ0) is 25.1. The van der Waals surface area contributed by atoms with E-state index >= 15 is 0 Å². The van der Waals surface area contributed by atoms with Gasteiger partial charge in [0.05, 0.1) is 19.6 Å². The van der Waals surface area contributed by atoms with Crippen LogP contribution in [0.1, 0.15) is 11.1 Å². The number of carbonyl (C=O) groups excluding carboxylic acids is 1. The van der Waals surface area contributed by atoms with Gasteiger partial charge in [0.15, 0.2) is 11.6 Å². The Kier molecular flexibility index (Phi) is 7.18. The summed E-state index contributed by atoms with van der Waals surface area (Å²) in [6.45, 7) is 3.77. The van der Waals surface area contributed by atoms with E-state index in [1.165, 1.54) is 5.56 Å². The van der Waals surface area contributed by atoms with E-state index in [2.05, 4.69) is 41.5 Å². The first-order valence-corrected chi connectivity index (χ1v) is 12.3. The SMILES string of the molecule is CN(C)Cc1cc2c(N3CCOCC3)nc(-c3ccc(NC(=O)Cc4ccc(Cl)cc4)cc3)nn2c1. The second-order valence-electron chi connectivity index (χ2n) is 9.20. The van der Waals surface area contributed by atoms with E-state index in [-0.39, 0.29) is 12.3 Å². The predicted octanol–water partition coefficient (Wildman–Crippen LogP) is 4.13. The van der Waals surface area contributed by atoms with Crippen molar-refractivity contribution in [2.24, 2.45) is 0 Å². The molecule has 0 bridgehead atoms. The highest BCUT2D eigenvalue weighted by Crippen LogP contribution is 2.27. The maximum absolute atomic E-state index is 12.5. The van der Waals surface area contributed by atoms with Crippen LogP contribution < -0.4 is 10.2 Å². The monoisotopic (exact) mass is 504 g/mol. The van der Waals surface area contributed by atoms with Gasteiger partial charge in [-0.2, -0.15) is 0 Å². The van der Waals surface area contributed by atoms with Crippen molar-refractivity contribution in [3.05, 3.63) is 76.9 Å². The number of aromatic nitrogens is 3. The first-order chi connectivity index (χ1) is 17.4. The lowest BCUT2D eigenvalue weighted by Gasteiger charge is -2.28. The van der Waals surface area contributed by atoms with Gasteiger partial charge in [0, 0.05) is 42.1 Å². The number of rotatable bonds is 7. The van der Waals surface area contributed by atoms with E-state index in [1.807, 2.05) is 40.9 Å². The summed E-state index contributed by atoms with van der Waals surface area (Å²) in [5, 5.41) is 8.42. The Morgan fingerprint density at radius 3 is 2.47 bits per heavy atom. The minimum atomic E-state index is -0.0851. The van der Waals surface area contributed by atoms with E-state index in [4.69, 9.17) is 26.4 Å². The molecule has 1 aliphatic heterocycles. The molecule has 5 rings (SSSR count). The molecular formula is C27H29ClN6O2. The highest BCUT2D eigenvalue weighted by Gasteiger charge is 2.19. The molecule has 3 heterocycles. The summed E-state index contributed by atoms with van der Waals surface area (Å²) >= 11 is 5.93. The Labute approximate surface area is 215 Å². The van der Waals surface area contributed by atoms with Crippen molar-refractivity contribution in [3.63, 3.8) is 0 Å². The molecule has 8 nitrogen and oxygen atoms in total. The van der Waals surface area contributed by atoms with Crippen LogP contribution in [0.4, 0.5) is 11.5 Å². The largest absolute Gasteiger partial charge is 0.378 e. The number of amides is 1. The molecule has 4 aromatic rings. The van der Waals surface area contributed by atoms with Crippen molar-refractivity contribution in [1.82, 2.24) is 19.5 Å². The Morgan fingerprint density at radius 1 is 1.06 bits per heavy atom. The van der Waals surface area contributed by atoms with Crippen LogP contribution >= 0.6 is 11.6 Å². The van der Waals surface area contributed by atoms with Gasteiger partial charge in [-0.15, -0.1) is 5.10 Å². The molecule has 1 amide bonds. The zero-order valence-corrected chi connectivity index (χ0v) is 21.2. The van der Waals surface area contributed by atoms with Gasteiger partial charge in [-0.25, -0.2) is 9.50 Å². The fourth-order valence-corrected chi connectivity index (χ4v) is 4.44. The number of fused-ring (bicyclic) bond motifs is 1. The lowest BCUT2D eigenvalue weighted by Crippen LogP contribution is -2.37. The van der Waals surface area contributed by atoms with Gasteiger partial charge in [-0.3, -0.25) is 4.79 Å². The van der Waals surface area contributed by atoms with Gasteiger partial charge in [0.25, 0.3) is 0 Å². The second-order valence-corrected chi connectivity index (χ2v) is 9.64. The fraction of sp³-hybridized carbons (Fsp3) is 0.296.